The van der Waals surface area contributed by atoms with E-state index in [4.69, 9.17) is 18.9 Å². The van der Waals surface area contributed by atoms with Gasteiger partial charge in [-0.15, -0.1) is 6.58 Å². The van der Waals surface area contributed by atoms with Crippen LogP contribution in [0.2, 0.25) is 0 Å². The Bertz CT molecular complexity index is 1530. The Morgan fingerprint density at radius 3 is 2.26 bits per heavy atom. The molecule has 14 atom stereocenters. The van der Waals surface area contributed by atoms with Crippen molar-refractivity contribution in [2.75, 3.05) is 27.9 Å². The molecule has 2 heterocycles. The number of carbonyl (C=O) groups excluding carboxylic acids is 4. The summed E-state index contributed by atoms with van der Waals surface area (Å²) in [5, 5.41) is 46.0. The normalized spacial score (nSPS) is 41.8. The summed E-state index contributed by atoms with van der Waals surface area (Å²) in [7, 11) is 4.71. The number of carbonyl (C=O) groups is 4. The minimum absolute atomic E-state index is 0.0284. The lowest BCUT2D eigenvalue weighted by Crippen LogP contribution is -2.64. The number of rotatable bonds is 7. The van der Waals surface area contributed by atoms with E-state index < -0.39 is 95.7 Å². The van der Waals surface area contributed by atoms with Crippen LogP contribution in [-0.2, 0) is 38.1 Å². The number of hydrogen-bond donors (Lipinski definition) is 4. The number of Topliss-reactive ketones (excluding diaryl/α,β-unsaturated/α-hetero) is 2. The molecule has 0 radical (unpaired) electrons. The summed E-state index contributed by atoms with van der Waals surface area (Å²) in [4.78, 5) is 58.1. The first-order chi connectivity index (χ1) is 27.3. The first kappa shape index (κ1) is 47.9. The topological polar surface area (TPSA) is 189 Å². The Labute approximate surface area is 345 Å². The Kier molecular flexibility index (Phi) is 17.1. The zero-order valence-electron chi connectivity index (χ0n) is 36.1. The molecule has 58 heavy (non-hydrogen) atoms. The lowest BCUT2D eigenvalue weighted by Gasteiger charge is -2.53. The largest absolute Gasteiger partial charge is 0.453 e. The van der Waals surface area contributed by atoms with Crippen LogP contribution in [0.5, 0.6) is 0 Å². The van der Waals surface area contributed by atoms with Gasteiger partial charge < -0.3 is 44.3 Å². The number of hydrogen-bond acceptors (Lipinski definition) is 12. The average Bonchev–Trinajstić information content (AvgIpc) is 3.19. The number of methoxy groups -OCH3 is 3. The van der Waals surface area contributed by atoms with E-state index in [1.165, 1.54) is 12.0 Å². The smallest absolute Gasteiger partial charge is 0.329 e. The zero-order valence-corrected chi connectivity index (χ0v) is 36.1. The van der Waals surface area contributed by atoms with Crippen LogP contribution < -0.4 is 0 Å². The molecule has 2 aliphatic heterocycles. The monoisotopic (exact) mass is 817 g/mol. The van der Waals surface area contributed by atoms with E-state index in [9.17, 15) is 39.6 Å². The number of fused-ring (bicyclic) bond motifs is 3. The molecule has 13 heteroatoms. The first-order valence-corrected chi connectivity index (χ1v) is 21.2. The number of ketones is 2. The molecule has 2 aliphatic carbocycles. The van der Waals surface area contributed by atoms with Crippen molar-refractivity contribution < 1.29 is 58.6 Å². The molecule has 0 aromatic heterocycles. The van der Waals surface area contributed by atoms with Gasteiger partial charge in [0, 0.05) is 45.6 Å². The van der Waals surface area contributed by atoms with Crippen LogP contribution in [0.15, 0.2) is 36.0 Å². The molecule has 0 unspecified atom stereocenters. The maximum atomic E-state index is 14.5. The molecule has 2 saturated carbocycles. The standard InChI is InChI=1S/C45H71NO12/c1-10-13-31-19-26(2)18-27(3)20-37(56-8)44(6)25-45(54,29(5)22-38(44)57-9)41(51)42(52)46-17-12-11-14-32(46)43(53)58-40(39(50)35(49)24-34(31)48)28(4)21-30-15-16-33(47)36(23-30)55-7/h10,19,21,27,29-33,35-40,47,49-50,54H,1,11-18,20,22-25H2,2-9H3/b26-19+,28-21+/t27-,29+,30-,31+,32-,33+,35-,36+,37-,38-,39+,40+,44+,45-/m0/s1. The Morgan fingerprint density at radius 2 is 1.62 bits per heavy atom. The van der Waals surface area contributed by atoms with Crippen molar-refractivity contribution in [3.63, 3.8) is 0 Å². The third-order valence-electron chi connectivity index (χ3n) is 13.7. The Morgan fingerprint density at radius 1 is 0.948 bits per heavy atom. The number of aliphatic hydroxyl groups is 4. The highest BCUT2D eigenvalue weighted by atomic mass is 16.6. The molecule has 13 nitrogen and oxygen atoms in total. The lowest BCUT2D eigenvalue weighted by molar-refractivity contribution is -0.197. The highest BCUT2D eigenvalue weighted by Gasteiger charge is 2.60. The van der Waals surface area contributed by atoms with Gasteiger partial charge in [-0.25, -0.2) is 4.79 Å². The van der Waals surface area contributed by atoms with Gasteiger partial charge in [-0.2, -0.15) is 0 Å². The molecule has 0 aromatic rings. The van der Waals surface area contributed by atoms with E-state index >= 15 is 0 Å². The molecule has 4 rings (SSSR count). The average molecular weight is 818 g/mol. The lowest BCUT2D eigenvalue weighted by atomic mass is 9.58. The van der Waals surface area contributed by atoms with Gasteiger partial charge in [0.1, 0.15) is 23.5 Å². The quantitative estimate of drug-likeness (QED) is 0.161. The molecular weight excluding hydrogens is 746 g/mol. The van der Waals surface area contributed by atoms with Crippen LogP contribution in [0, 0.1) is 29.1 Å². The molecule has 3 fully saturated rings. The zero-order chi connectivity index (χ0) is 43.1. The van der Waals surface area contributed by atoms with Crippen LogP contribution in [0.25, 0.3) is 0 Å². The summed E-state index contributed by atoms with van der Waals surface area (Å²) < 4.78 is 23.7. The van der Waals surface area contributed by atoms with Gasteiger partial charge in [0.15, 0.2) is 6.10 Å². The van der Waals surface area contributed by atoms with Crippen molar-refractivity contribution in [2.24, 2.45) is 29.1 Å². The predicted octanol–water partition coefficient (Wildman–Crippen LogP) is 4.42. The number of ether oxygens (including phenoxy) is 4. The van der Waals surface area contributed by atoms with Crippen LogP contribution in [0.4, 0.5) is 0 Å². The molecular formula is C45H71NO12. The fourth-order valence-electron chi connectivity index (χ4n) is 10.2. The number of amides is 1. The van der Waals surface area contributed by atoms with Gasteiger partial charge in [-0.05, 0) is 108 Å². The molecule has 0 spiro atoms. The van der Waals surface area contributed by atoms with E-state index in [-0.39, 0.29) is 43.4 Å². The summed E-state index contributed by atoms with van der Waals surface area (Å²) in [5.74, 6) is -4.56. The van der Waals surface area contributed by atoms with Crippen LogP contribution >= 0.6 is 0 Å². The van der Waals surface area contributed by atoms with Gasteiger partial charge in [0.05, 0.1) is 30.5 Å². The van der Waals surface area contributed by atoms with Gasteiger partial charge in [-0.1, -0.05) is 44.6 Å². The van der Waals surface area contributed by atoms with Gasteiger partial charge >= 0.3 is 5.97 Å². The van der Waals surface area contributed by atoms with Crippen molar-refractivity contribution in [1.29, 1.82) is 0 Å². The highest BCUT2D eigenvalue weighted by Crippen LogP contribution is 2.51. The fourth-order valence-corrected chi connectivity index (χ4v) is 10.2. The minimum Gasteiger partial charge on any atom is -0.453 e. The summed E-state index contributed by atoms with van der Waals surface area (Å²) in [5.41, 5.74) is -1.63. The van der Waals surface area contributed by atoms with Crippen molar-refractivity contribution >= 4 is 23.4 Å². The van der Waals surface area contributed by atoms with Crippen molar-refractivity contribution in [3.05, 3.63) is 36.0 Å². The molecule has 1 amide bonds. The number of cyclic esters (lactones) is 1. The van der Waals surface area contributed by atoms with E-state index in [1.54, 1.807) is 34.1 Å². The maximum absolute atomic E-state index is 14.5. The van der Waals surface area contributed by atoms with Crippen molar-refractivity contribution in [3.8, 4) is 0 Å². The van der Waals surface area contributed by atoms with Crippen LogP contribution in [0.1, 0.15) is 112 Å². The summed E-state index contributed by atoms with van der Waals surface area (Å²) >= 11 is 0. The molecule has 4 aliphatic rings. The second-order valence-corrected chi connectivity index (χ2v) is 18.1. The fraction of sp³-hybridized carbons (Fsp3) is 0.778. The van der Waals surface area contributed by atoms with E-state index in [0.717, 1.165) is 5.57 Å². The van der Waals surface area contributed by atoms with Gasteiger partial charge in [0.25, 0.3) is 11.7 Å². The Balaban J connectivity index is 1.80. The van der Waals surface area contributed by atoms with Crippen molar-refractivity contribution in [1.82, 2.24) is 4.90 Å². The van der Waals surface area contributed by atoms with Crippen LogP contribution in [0.3, 0.4) is 0 Å². The predicted molar refractivity (Wildman–Crippen MR) is 217 cm³/mol. The second kappa shape index (κ2) is 20.7. The minimum atomic E-state index is -2.09. The molecule has 4 N–H and O–H groups in total. The summed E-state index contributed by atoms with van der Waals surface area (Å²) in [6, 6.07) is -1.21. The number of nitrogens with zero attached hydrogens (tertiary/aromatic N) is 1. The maximum Gasteiger partial charge on any atom is 0.329 e. The number of aliphatic hydroxyl groups excluding tert-OH is 3. The first-order valence-electron chi connectivity index (χ1n) is 21.2. The third kappa shape index (κ3) is 10.7. The van der Waals surface area contributed by atoms with Crippen molar-refractivity contribution in [2.45, 2.75) is 166 Å². The van der Waals surface area contributed by atoms with E-state index in [1.807, 2.05) is 26.0 Å². The van der Waals surface area contributed by atoms with E-state index in [2.05, 4.69) is 13.5 Å². The summed E-state index contributed by atoms with van der Waals surface area (Å²) in [6.07, 6.45) is 2.64. The summed E-state index contributed by atoms with van der Waals surface area (Å²) in [6.45, 7) is 13.2. The Hall–Kier alpha value is -2.78. The third-order valence-corrected chi connectivity index (χ3v) is 13.7. The number of piperidine rings is 1. The molecule has 1 saturated heterocycles. The van der Waals surface area contributed by atoms with E-state index in [0.29, 0.717) is 56.9 Å². The SMILES string of the molecule is C=CC[C@@H]1/C=C(\C)C[C@H](C)C[C@H](OC)[C@@]2(C)C[C@@](O)(C(=O)C(=O)N3CCCC[C@H]3C(=O)O[C@H](/C(C)=C/[C@@H]3CC[C@@H](O)[C@H](OC)C3)[C@H](O)[C@@H](O)CC1=O)[C@H](C)C[C@@H]2OC. The van der Waals surface area contributed by atoms with Gasteiger partial charge in [-0.3, -0.25) is 14.4 Å². The molecule has 2 bridgehead atoms. The molecule has 0 aromatic carbocycles. The second-order valence-electron chi connectivity index (χ2n) is 18.1. The van der Waals surface area contributed by atoms with Gasteiger partial charge in [0.2, 0.25) is 0 Å². The number of allylic oxidation sites excluding steroid dienone is 4. The molecule has 328 valence electrons. The van der Waals surface area contributed by atoms with Crippen LogP contribution in [-0.4, -0.2) is 131 Å². The highest BCUT2D eigenvalue weighted by molar-refractivity contribution is 6.39. The number of esters is 1.